The minimum atomic E-state index is -0.553. The molecule has 0 radical (unpaired) electrons. The summed E-state index contributed by atoms with van der Waals surface area (Å²) in [5, 5.41) is 6.79. The molecule has 1 fully saturated rings. The molecule has 1 N–H and O–H groups in total. The first-order valence-electron chi connectivity index (χ1n) is 8.69. The lowest BCUT2D eigenvalue weighted by Gasteiger charge is -2.37. The Hall–Kier alpha value is -2.27. The summed E-state index contributed by atoms with van der Waals surface area (Å²) in [6, 6.07) is 1.97. The molecule has 2 unspecified atom stereocenters. The zero-order valence-corrected chi connectivity index (χ0v) is 15.6. The number of hydrogen-bond acceptors (Lipinski definition) is 4. The van der Waals surface area contributed by atoms with E-state index in [0.717, 1.165) is 18.4 Å². The third-order valence-electron chi connectivity index (χ3n) is 4.59. The van der Waals surface area contributed by atoms with E-state index < -0.39 is 11.7 Å². The Morgan fingerprint density at radius 3 is 2.56 bits per heavy atom. The quantitative estimate of drug-likeness (QED) is 0.459. The van der Waals surface area contributed by atoms with E-state index in [4.69, 9.17) is 10.3 Å². The van der Waals surface area contributed by atoms with Gasteiger partial charge in [-0.3, -0.25) is 10.3 Å². The summed E-state index contributed by atoms with van der Waals surface area (Å²) >= 11 is 0. The van der Waals surface area contributed by atoms with Crippen LogP contribution in [0.1, 0.15) is 58.9 Å². The Kier molecular flexibility index (Phi) is 5.90. The van der Waals surface area contributed by atoms with Gasteiger partial charge in [-0.1, -0.05) is 19.0 Å². The molecule has 2 rings (SSSR count). The van der Waals surface area contributed by atoms with Crippen molar-refractivity contribution in [3.05, 3.63) is 34.5 Å². The van der Waals surface area contributed by atoms with Crippen LogP contribution in [-0.2, 0) is 4.74 Å². The Morgan fingerprint density at radius 2 is 2.00 bits per heavy atom. The third-order valence-corrected chi connectivity index (χ3v) is 4.59. The molecule has 0 spiro atoms. The van der Waals surface area contributed by atoms with E-state index in [2.05, 4.69) is 34.2 Å². The van der Waals surface area contributed by atoms with Crippen molar-refractivity contribution in [1.82, 2.24) is 4.98 Å². The van der Waals surface area contributed by atoms with Crippen LogP contribution in [0.3, 0.4) is 0 Å². The number of nitrogens with zero attached hydrogens (tertiary/aromatic N) is 4. The monoisotopic (exact) mass is 345 g/mol. The molecular weight excluding hydrogens is 318 g/mol. The molecule has 1 aliphatic rings. The minimum Gasteiger partial charge on any atom is -0.444 e. The van der Waals surface area contributed by atoms with Crippen molar-refractivity contribution in [3.8, 4) is 0 Å². The van der Waals surface area contributed by atoms with E-state index in [0.29, 0.717) is 5.69 Å². The SMILES string of the molecule is C[C@@H]1CC(c2ccncc2NC(=O)OC(C)(C)C)C[C@H](C)C1N=[N+]=[N-]. The molecule has 1 heterocycles. The second kappa shape index (κ2) is 7.74. The Morgan fingerprint density at radius 1 is 1.36 bits per heavy atom. The van der Waals surface area contributed by atoms with Gasteiger partial charge in [0.15, 0.2) is 0 Å². The molecular formula is C18H27N5O2. The Balaban J connectivity index is 2.18. The summed E-state index contributed by atoms with van der Waals surface area (Å²) in [7, 11) is 0. The highest BCUT2D eigenvalue weighted by molar-refractivity contribution is 5.85. The van der Waals surface area contributed by atoms with Crippen molar-refractivity contribution >= 4 is 11.8 Å². The minimum absolute atomic E-state index is 0.0188. The average molecular weight is 345 g/mol. The van der Waals surface area contributed by atoms with Crippen LogP contribution in [0.4, 0.5) is 10.5 Å². The van der Waals surface area contributed by atoms with Crippen molar-refractivity contribution in [1.29, 1.82) is 0 Å². The van der Waals surface area contributed by atoms with E-state index in [-0.39, 0.29) is 23.8 Å². The van der Waals surface area contributed by atoms with Gasteiger partial charge in [0.05, 0.1) is 11.9 Å². The second-order valence-corrected chi connectivity index (χ2v) is 7.91. The smallest absolute Gasteiger partial charge is 0.412 e. The Bertz CT molecular complexity index is 652. The number of hydrogen-bond donors (Lipinski definition) is 1. The average Bonchev–Trinajstić information content (AvgIpc) is 2.49. The number of aromatic nitrogens is 1. The fourth-order valence-electron chi connectivity index (χ4n) is 3.65. The number of amides is 1. The van der Waals surface area contributed by atoms with Crippen molar-refractivity contribution in [3.63, 3.8) is 0 Å². The molecule has 25 heavy (non-hydrogen) atoms. The second-order valence-electron chi connectivity index (χ2n) is 7.91. The highest BCUT2D eigenvalue weighted by Gasteiger charge is 2.34. The maximum atomic E-state index is 12.1. The summed E-state index contributed by atoms with van der Waals surface area (Å²) in [5.41, 5.74) is 9.95. The zero-order chi connectivity index (χ0) is 18.6. The first kappa shape index (κ1) is 19.1. The number of anilines is 1. The largest absolute Gasteiger partial charge is 0.444 e. The standard InChI is InChI=1S/C18H27N5O2/c1-11-8-13(9-12(2)16(11)22-23-19)14-6-7-20-10-15(14)21-17(24)25-18(3,4)5/h6-7,10-13,16H,8-9H2,1-5H3,(H,21,24)/t11-,12+,13?,16?. The maximum Gasteiger partial charge on any atom is 0.412 e. The summed E-state index contributed by atoms with van der Waals surface area (Å²) < 4.78 is 5.34. The first-order valence-corrected chi connectivity index (χ1v) is 8.69. The van der Waals surface area contributed by atoms with Crippen LogP contribution in [0.2, 0.25) is 0 Å². The van der Waals surface area contributed by atoms with Crippen LogP contribution < -0.4 is 5.32 Å². The predicted molar refractivity (Wildman–Crippen MR) is 97.3 cm³/mol. The molecule has 1 aromatic rings. The van der Waals surface area contributed by atoms with Crippen LogP contribution in [0.25, 0.3) is 10.4 Å². The van der Waals surface area contributed by atoms with Gasteiger partial charge >= 0.3 is 6.09 Å². The summed E-state index contributed by atoms with van der Waals surface area (Å²) in [6.07, 6.45) is 4.73. The van der Waals surface area contributed by atoms with Gasteiger partial charge in [0.1, 0.15) is 5.60 Å². The number of ether oxygens (including phenoxy) is 1. The van der Waals surface area contributed by atoms with Crippen molar-refractivity contribution in [2.45, 2.75) is 65.0 Å². The fourth-order valence-corrected chi connectivity index (χ4v) is 3.65. The lowest BCUT2D eigenvalue weighted by Crippen LogP contribution is -2.32. The van der Waals surface area contributed by atoms with Gasteiger partial charge in [-0.2, -0.15) is 0 Å². The van der Waals surface area contributed by atoms with E-state index in [1.807, 2.05) is 26.8 Å². The molecule has 4 atom stereocenters. The molecule has 7 nitrogen and oxygen atoms in total. The summed E-state index contributed by atoms with van der Waals surface area (Å²) in [6.45, 7) is 9.72. The highest BCUT2D eigenvalue weighted by Crippen LogP contribution is 2.42. The van der Waals surface area contributed by atoms with Crippen molar-refractivity contribution < 1.29 is 9.53 Å². The molecule has 1 aliphatic carbocycles. The maximum absolute atomic E-state index is 12.1. The van der Waals surface area contributed by atoms with E-state index >= 15 is 0 Å². The van der Waals surface area contributed by atoms with Crippen LogP contribution >= 0.6 is 0 Å². The Labute approximate surface area is 148 Å². The van der Waals surface area contributed by atoms with Crippen LogP contribution in [0, 0.1) is 11.8 Å². The summed E-state index contributed by atoms with van der Waals surface area (Å²) in [5.74, 6) is 0.850. The van der Waals surface area contributed by atoms with Crippen LogP contribution in [0.15, 0.2) is 23.6 Å². The lowest BCUT2D eigenvalue weighted by molar-refractivity contribution is 0.0635. The van der Waals surface area contributed by atoms with E-state index in [1.54, 1.807) is 12.4 Å². The molecule has 136 valence electrons. The van der Waals surface area contributed by atoms with Crippen molar-refractivity contribution in [2.75, 3.05) is 5.32 Å². The number of carbonyl (C=O) groups is 1. The van der Waals surface area contributed by atoms with E-state index in [9.17, 15) is 4.79 Å². The van der Waals surface area contributed by atoms with Crippen LogP contribution in [-0.4, -0.2) is 22.7 Å². The number of carbonyl (C=O) groups excluding carboxylic acids is 1. The number of rotatable bonds is 3. The molecule has 0 bridgehead atoms. The third kappa shape index (κ3) is 5.10. The van der Waals surface area contributed by atoms with Gasteiger partial charge in [-0.05, 0) is 68.5 Å². The molecule has 1 aromatic heterocycles. The normalized spacial score (nSPS) is 26.4. The molecule has 0 saturated heterocycles. The number of nitrogens with one attached hydrogen (secondary N) is 1. The number of azide groups is 1. The topological polar surface area (TPSA) is 100.0 Å². The fraction of sp³-hybridized carbons (Fsp3) is 0.667. The molecule has 0 aliphatic heterocycles. The first-order chi connectivity index (χ1) is 11.7. The van der Waals surface area contributed by atoms with Gasteiger partial charge in [0.2, 0.25) is 0 Å². The molecule has 7 heteroatoms. The molecule has 0 aromatic carbocycles. The van der Waals surface area contributed by atoms with Crippen molar-refractivity contribution in [2.24, 2.45) is 17.0 Å². The zero-order valence-electron chi connectivity index (χ0n) is 15.6. The predicted octanol–water partition coefficient (Wildman–Crippen LogP) is 5.26. The van der Waals surface area contributed by atoms with Gasteiger partial charge in [-0.15, -0.1) is 0 Å². The van der Waals surface area contributed by atoms with Crippen LogP contribution in [0.5, 0.6) is 0 Å². The van der Waals surface area contributed by atoms with Gasteiger partial charge in [0, 0.05) is 17.2 Å². The molecule has 1 amide bonds. The van der Waals surface area contributed by atoms with Gasteiger partial charge in [0.25, 0.3) is 0 Å². The van der Waals surface area contributed by atoms with E-state index in [1.165, 1.54) is 0 Å². The van der Waals surface area contributed by atoms with Gasteiger partial charge in [-0.25, -0.2) is 4.79 Å². The lowest BCUT2D eigenvalue weighted by atomic mass is 9.71. The summed E-state index contributed by atoms with van der Waals surface area (Å²) in [4.78, 5) is 19.2. The number of pyridine rings is 1. The molecule has 1 saturated carbocycles. The van der Waals surface area contributed by atoms with Gasteiger partial charge < -0.3 is 4.74 Å². The highest BCUT2D eigenvalue weighted by atomic mass is 16.6.